The van der Waals surface area contributed by atoms with Crippen LogP contribution in [0.5, 0.6) is 0 Å². The molecule has 0 unspecified atom stereocenters. The summed E-state index contributed by atoms with van der Waals surface area (Å²) in [7, 11) is 0. The maximum atomic E-state index is 5.24. The topological polar surface area (TPSA) is 30.4 Å². The van der Waals surface area contributed by atoms with Crippen molar-refractivity contribution in [2.45, 2.75) is 26.5 Å². The lowest BCUT2D eigenvalue weighted by atomic mass is 10.1. The van der Waals surface area contributed by atoms with Gasteiger partial charge >= 0.3 is 0 Å². The Balaban J connectivity index is 2.10. The lowest BCUT2D eigenvalue weighted by Gasteiger charge is -2.03. The molecule has 0 radical (unpaired) electrons. The number of fused-ring (bicyclic) bond motifs is 1. The summed E-state index contributed by atoms with van der Waals surface area (Å²) < 4.78 is 7.42. The second-order valence-corrected chi connectivity index (χ2v) is 4.28. The molecule has 0 spiro atoms. The van der Waals surface area contributed by atoms with Crippen LogP contribution in [0.25, 0.3) is 11.0 Å². The Morgan fingerprint density at radius 1 is 1.40 bits per heavy atom. The largest absolute Gasteiger partial charge is 0.371 e. The average molecular weight is 202 g/mol. The van der Waals surface area contributed by atoms with Crippen molar-refractivity contribution in [2.24, 2.45) is 0 Å². The molecule has 1 aliphatic heterocycles. The average Bonchev–Trinajstić information content (AvgIpc) is 2.94. The predicted octanol–water partition coefficient (Wildman–Crippen LogP) is 2.05. The molecule has 0 aliphatic carbocycles. The molecule has 3 nitrogen and oxygen atoms in total. The van der Waals surface area contributed by atoms with Crippen molar-refractivity contribution >= 4 is 11.0 Å². The second-order valence-electron chi connectivity index (χ2n) is 4.28. The monoisotopic (exact) mass is 202 g/mol. The first-order valence-electron chi connectivity index (χ1n) is 5.28. The molecule has 0 bridgehead atoms. The third kappa shape index (κ3) is 1.53. The zero-order valence-electron chi connectivity index (χ0n) is 9.03. The van der Waals surface area contributed by atoms with Crippen LogP contribution in [0.1, 0.15) is 11.1 Å². The molecule has 1 atom stereocenters. The number of nitrogens with zero attached hydrogens (tertiary/aromatic N) is 2. The molecule has 1 aromatic carbocycles. The molecule has 3 heteroatoms. The van der Waals surface area contributed by atoms with Crippen LogP contribution in [0.15, 0.2) is 18.5 Å². The van der Waals surface area contributed by atoms with E-state index in [9.17, 15) is 0 Å². The van der Waals surface area contributed by atoms with Crippen LogP contribution >= 0.6 is 0 Å². The molecule has 1 aromatic heterocycles. The molecule has 2 heterocycles. The first-order valence-corrected chi connectivity index (χ1v) is 5.28. The summed E-state index contributed by atoms with van der Waals surface area (Å²) in [6.45, 7) is 6.08. The SMILES string of the molecule is Cc1cc2ncn(C[C@H]3CO3)c2cc1C. The van der Waals surface area contributed by atoms with Crippen LogP contribution in [0.2, 0.25) is 0 Å². The number of hydrogen-bond donors (Lipinski definition) is 0. The van der Waals surface area contributed by atoms with Gasteiger partial charge in [0.25, 0.3) is 0 Å². The Morgan fingerprint density at radius 3 is 2.87 bits per heavy atom. The minimum absolute atomic E-state index is 0.406. The van der Waals surface area contributed by atoms with Crippen LogP contribution in [0.3, 0.4) is 0 Å². The lowest BCUT2D eigenvalue weighted by Crippen LogP contribution is -2.02. The van der Waals surface area contributed by atoms with Crippen molar-refractivity contribution in [1.29, 1.82) is 0 Å². The van der Waals surface area contributed by atoms with Gasteiger partial charge in [-0.2, -0.15) is 0 Å². The van der Waals surface area contributed by atoms with Gasteiger partial charge in [0.05, 0.1) is 36.6 Å². The third-order valence-electron chi connectivity index (χ3n) is 3.04. The molecule has 1 saturated heterocycles. The van der Waals surface area contributed by atoms with E-state index in [-0.39, 0.29) is 0 Å². The molecule has 0 saturated carbocycles. The van der Waals surface area contributed by atoms with Gasteiger partial charge in [0.1, 0.15) is 0 Å². The quantitative estimate of drug-likeness (QED) is 0.698. The summed E-state index contributed by atoms with van der Waals surface area (Å²) in [4.78, 5) is 4.41. The van der Waals surface area contributed by atoms with E-state index in [1.165, 1.54) is 16.6 Å². The van der Waals surface area contributed by atoms with E-state index in [4.69, 9.17) is 4.74 Å². The summed E-state index contributed by atoms with van der Waals surface area (Å²) in [5.41, 5.74) is 4.92. The minimum atomic E-state index is 0.406. The van der Waals surface area contributed by atoms with Crippen molar-refractivity contribution in [3.63, 3.8) is 0 Å². The molecular weight excluding hydrogens is 188 g/mol. The number of benzene rings is 1. The summed E-state index contributed by atoms with van der Waals surface area (Å²) >= 11 is 0. The minimum Gasteiger partial charge on any atom is -0.371 e. The van der Waals surface area contributed by atoms with E-state index < -0.39 is 0 Å². The van der Waals surface area contributed by atoms with Crippen molar-refractivity contribution in [2.75, 3.05) is 6.61 Å². The summed E-state index contributed by atoms with van der Waals surface area (Å²) in [6.07, 6.45) is 2.31. The second kappa shape index (κ2) is 3.07. The van der Waals surface area contributed by atoms with Gasteiger partial charge in [-0.15, -0.1) is 0 Å². The predicted molar refractivity (Wildman–Crippen MR) is 58.9 cm³/mol. The fourth-order valence-electron chi connectivity index (χ4n) is 1.85. The van der Waals surface area contributed by atoms with Crippen molar-refractivity contribution in [3.8, 4) is 0 Å². The first-order chi connectivity index (χ1) is 7.24. The van der Waals surface area contributed by atoms with Gasteiger partial charge in [0.15, 0.2) is 0 Å². The number of aryl methyl sites for hydroxylation is 2. The van der Waals surface area contributed by atoms with Crippen LogP contribution in [0, 0.1) is 13.8 Å². The van der Waals surface area contributed by atoms with Crippen LogP contribution in [-0.4, -0.2) is 22.3 Å². The van der Waals surface area contributed by atoms with Crippen molar-refractivity contribution in [3.05, 3.63) is 29.6 Å². The number of ether oxygens (including phenoxy) is 1. The number of hydrogen-bond acceptors (Lipinski definition) is 2. The molecule has 1 aliphatic rings. The maximum Gasteiger partial charge on any atom is 0.0988 e. The molecule has 0 amide bonds. The number of rotatable bonds is 2. The Labute approximate surface area is 88.7 Å². The van der Waals surface area contributed by atoms with Crippen LogP contribution < -0.4 is 0 Å². The summed E-state index contributed by atoms with van der Waals surface area (Å²) in [5.74, 6) is 0. The molecule has 78 valence electrons. The van der Waals surface area contributed by atoms with Crippen LogP contribution in [0.4, 0.5) is 0 Å². The number of epoxide rings is 1. The highest BCUT2D eigenvalue weighted by Gasteiger charge is 2.23. The van der Waals surface area contributed by atoms with E-state index in [0.717, 1.165) is 18.7 Å². The lowest BCUT2D eigenvalue weighted by molar-refractivity contribution is 0.385. The standard InChI is InChI=1S/C12H14N2O/c1-8-3-11-12(4-9(8)2)14(7-13-11)5-10-6-15-10/h3-4,7,10H,5-6H2,1-2H3/t10-/m0/s1. The third-order valence-corrected chi connectivity index (χ3v) is 3.04. The van der Waals surface area contributed by atoms with Crippen molar-refractivity contribution in [1.82, 2.24) is 9.55 Å². The summed E-state index contributed by atoms with van der Waals surface area (Å²) in [5, 5.41) is 0. The van der Waals surface area contributed by atoms with E-state index in [2.05, 4.69) is 35.5 Å². The fourth-order valence-corrected chi connectivity index (χ4v) is 1.85. The highest BCUT2D eigenvalue weighted by atomic mass is 16.6. The Morgan fingerprint density at radius 2 is 2.13 bits per heavy atom. The van der Waals surface area contributed by atoms with E-state index in [1.807, 2.05) is 6.33 Å². The smallest absolute Gasteiger partial charge is 0.0988 e. The number of aromatic nitrogens is 2. The van der Waals surface area contributed by atoms with E-state index in [1.54, 1.807) is 0 Å². The molecule has 1 fully saturated rings. The highest BCUT2D eigenvalue weighted by Crippen LogP contribution is 2.20. The van der Waals surface area contributed by atoms with Gasteiger partial charge in [-0.3, -0.25) is 0 Å². The molecule has 3 rings (SSSR count). The Kier molecular flexibility index (Phi) is 1.83. The fraction of sp³-hybridized carbons (Fsp3) is 0.417. The zero-order chi connectivity index (χ0) is 10.4. The Hall–Kier alpha value is -1.35. The van der Waals surface area contributed by atoms with Crippen molar-refractivity contribution < 1.29 is 4.74 Å². The van der Waals surface area contributed by atoms with Gasteiger partial charge in [0.2, 0.25) is 0 Å². The van der Waals surface area contributed by atoms with Gasteiger partial charge in [-0.1, -0.05) is 0 Å². The van der Waals surface area contributed by atoms with Gasteiger partial charge in [-0.25, -0.2) is 4.98 Å². The van der Waals surface area contributed by atoms with E-state index in [0.29, 0.717) is 6.10 Å². The van der Waals surface area contributed by atoms with Gasteiger partial charge in [0, 0.05) is 0 Å². The van der Waals surface area contributed by atoms with Crippen LogP contribution in [-0.2, 0) is 11.3 Å². The highest BCUT2D eigenvalue weighted by molar-refractivity contribution is 5.77. The van der Waals surface area contributed by atoms with Gasteiger partial charge < -0.3 is 9.30 Å². The number of imidazole rings is 1. The molecular formula is C12H14N2O. The molecule has 2 aromatic rings. The Bertz CT molecular complexity index is 512. The molecule has 15 heavy (non-hydrogen) atoms. The normalized spacial score (nSPS) is 19.7. The zero-order valence-corrected chi connectivity index (χ0v) is 9.03. The van der Waals surface area contributed by atoms with Gasteiger partial charge in [-0.05, 0) is 37.1 Å². The summed E-state index contributed by atoms with van der Waals surface area (Å²) in [6, 6.07) is 4.36. The first kappa shape index (κ1) is 8.92. The molecule has 0 N–H and O–H groups in total. The van der Waals surface area contributed by atoms with E-state index >= 15 is 0 Å². The maximum absolute atomic E-state index is 5.24.